The maximum absolute atomic E-state index is 14.0. The lowest BCUT2D eigenvalue weighted by Crippen LogP contribution is -2.14. The smallest absolute Gasteiger partial charge is 0.431 e. The van der Waals surface area contributed by atoms with Gasteiger partial charge in [0.05, 0.1) is 11.4 Å². The van der Waals surface area contributed by atoms with Crippen LogP contribution in [0.15, 0.2) is 54.6 Å². The molecule has 4 rings (SSSR count). The highest BCUT2D eigenvalue weighted by Gasteiger charge is 2.36. The lowest BCUT2D eigenvalue weighted by Gasteiger charge is -2.14. The Morgan fingerprint density at radius 1 is 0.833 bits per heavy atom. The van der Waals surface area contributed by atoms with Gasteiger partial charge in [0, 0.05) is 24.1 Å². The molecule has 2 aromatic heterocycles. The van der Waals surface area contributed by atoms with Gasteiger partial charge < -0.3 is 9.67 Å². The second-order valence-corrected chi connectivity index (χ2v) is 9.10. The Kier molecular flexibility index (Phi) is 7.43. The maximum atomic E-state index is 14.0. The van der Waals surface area contributed by atoms with Crippen molar-refractivity contribution in [3.05, 3.63) is 71.4 Å². The molecule has 0 saturated carbocycles. The van der Waals surface area contributed by atoms with Gasteiger partial charge in [0.25, 0.3) is 0 Å². The fourth-order valence-corrected chi connectivity index (χ4v) is 4.24. The number of nitrogens with zero attached hydrogens (tertiary/aromatic N) is 3. The molecule has 5 nitrogen and oxygen atoms in total. The molecule has 0 aliphatic rings. The van der Waals surface area contributed by atoms with Crippen LogP contribution in [-0.4, -0.2) is 25.6 Å². The average Bonchev–Trinajstić information content (AvgIpc) is 3.19. The Morgan fingerprint density at radius 2 is 1.36 bits per heavy atom. The van der Waals surface area contributed by atoms with Crippen LogP contribution in [0.25, 0.3) is 33.7 Å². The number of aryl methyl sites for hydroxylation is 3. The number of aromatic nitrogens is 3. The van der Waals surface area contributed by atoms with Crippen molar-refractivity contribution in [2.75, 3.05) is 0 Å². The zero-order valence-corrected chi connectivity index (χ0v) is 20.3. The molecule has 188 valence electrons. The lowest BCUT2D eigenvalue weighted by molar-refractivity contribution is -0.143. The van der Waals surface area contributed by atoms with E-state index in [0.717, 1.165) is 28.3 Å². The van der Waals surface area contributed by atoms with Crippen LogP contribution in [0.2, 0.25) is 0 Å². The fraction of sp³-hybridized carbons (Fsp3) is 0.321. The number of rotatable bonds is 9. The van der Waals surface area contributed by atoms with Crippen molar-refractivity contribution in [1.29, 1.82) is 0 Å². The maximum Gasteiger partial charge on any atom is 0.431 e. The summed E-state index contributed by atoms with van der Waals surface area (Å²) in [5.41, 5.74) is 4.37. The van der Waals surface area contributed by atoms with Crippen LogP contribution in [0.4, 0.5) is 13.2 Å². The number of hydrogen-bond acceptors (Lipinski definition) is 3. The van der Waals surface area contributed by atoms with Crippen LogP contribution in [0, 0.1) is 13.8 Å². The summed E-state index contributed by atoms with van der Waals surface area (Å²) >= 11 is 0. The van der Waals surface area contributed by atoms with Crippen molar-refractivity contribution < 1.29 is 23.1 Å². The Hall–Kier alpha value is -3.68. The van der Waals surface area contributed by atoms with E-state index in [9.17, 15) is 18.0 Å². The lowest BCUT2D eigenvalue weighted by atomic mass is 10.0. The first-order valence-corrected chi connectivity index (χ1v) is 12.0. The van der Waals surface area contributed by atoms with Crippen LogP contribution >= 0.6 is 0 Å². The van der Waals surface area contributed by atoms with Gasteiger partial charge in [0.15, 0.2) is 5.65 Å². The van der Waals surface area contributed by atoms with E-state index in [-0.39, 0.29) is 24.1 Å². The Morgan fingerprint density at radius 3 is 1.89 bits per heavy atom. The topological polar surface area (TPSA) is 68.0 Å². The zero-order chi connectivity index (χ0) is 25.9. The first-order chi connectivity index (χ1) is 17.1. The van der Waals surface area contributed by atoms with Crippen LogP contribution < -0.4 is 0 Å². The third kappa shape index (κ3) is 5.75. The van der Waals surface area contributed by atoms with E-state index in [1.165, 1.54) is 4.57 Å². The Bertz CT molecular complexity index is 1360. The summed E-state index contributed by atoms with van der Waals surface area (Å²) in [6, 6.07) is 16.5. The predicted octanol–water partition coefficient (Wildman–Crippen LogP) is 7.44. The number of hydrogen-bond donors (Lipinski definition) is 1. The van der Waals surface area contributed by atoms with Gasteiger partial charge in [-0.2, -0.15) is 13.2 Å². The van der Waals surface area contributed by atoms with Crippen LogP contribution in [0.3, 0.4) is 0 Å². The summed E-state index contributed by atoms with van der Waals surface area (Å²) in [5, 5.41) is 8.77. The number of carboxylic acids is 1. The monoisotopic (exact) mass is 495 g/mol. The van der Waals surface area contributed by atoms with Gasteiger partial charge >= 0.3 is 12.1 Å². The normalized spacial score (nSPS) is 11.8. The summed E-state index contributed by atoms with van der Waals surface area (Å²) < 4.78 is 43.2. The molecule has 0 unspecified atom stereocenters. The van der Waals surface area contributed by atoms with Gasteiger partial charge in [0.2, 0.25) is 0 Å². The number of aliphatic carboxylic acids is 1. The van der Waals surface area contributed by atoms with Crippen molar-refractivity contribution in [3.63, 3.8) is 0 Å². The van der Waals surface area contributed by atoms with E-state index in [1.54, 1.807) is 0 Å². The second kappa shape index (κ2) is 10.5. The largest absolute Gasteiger partial charge is 0.481 e. The molecule has 36 heavy (non-hydrogen) atoms. The van der Waals surface area contributed by atoms with Gasteiger partial charge in [-0.3, -0.25) is 4.79 Å². The highest BCUT2D eigenvalue weighted by Crippen LogP contribution is 2.37. The standard InChI is InChI=1S/C28H28F3N3O2/c1-18-8-12-20(13-9-18)25-26(21-14-10-19(2)11-15-21)33-27-22(32-25)17-23(28(29,30)31)34(27)16-6-4-3-5-7-24(35)36/h8-15,17H,3-7,16H2,1-2H3,(H,35,36). The van der Waals surface area contributed by atoms with Gasteiger partial charge in [-0.15, -0.1) is 0 Å². The van der Waals surface area contributed by atoms with Crippen LogP contribution in [0.1, 0.15) is 48.9 Å². The molecule has 8 heteroatoms. The van der Waals surface area contributed by atoms with E-state index in [0.29, 0.717) is 37.1 Å². The molecule has 0 aliphatic carbocycles. The molecule has 0 bridgehead atoms. The van der Waals surface area contributed by atoms with Gasteiger partial charge in [-0.05, 0) is 32.8 Å². The number of unbranched alkanes of at least 4 members (excludes halogenated alkanes) is 3. The average molecular weight is 496 g/mol. The fourth-order valence-electron chi connectivity index (χ4n) is 4.24. The molecule has 1 N–H and O–H groups in total. The molecule has 4 aromatic rings. The molecule has 0 atom stereocenters. The Labute approximate surface area is 207 Å². The zero-order valence-electron chi connectivity index (χ0n) is 20.3. The molecule has 0 amide bonds. The number of alkyl halides is 3. The second-order valence-electron chi connectivity index (χ2n) is 9.10. The van der Waals surface area contributed by atoms with E-state index >= 15 is 0 Å². The quantitative estimate of drug-likeness (QED) is 0.245. The van der Waals surface area contributed by atoms with E-state index in [2.05, 4.69) is 0 Å². The Balaban J connectivity index is 1.80. The number of halogens is 3. The molecule has 2 aromatic carbocycles. The minimum Gasteiger partial charge on any atom is -0.481 e. The molecule has 0 radical (unpaired) electrons. The summed E-state index contributed by atoms with van der Waals surface area (Å²) in [5.74, 6) is -0.867. The molecule has 0 fully saturated rings. The van der Waals surface area contributed by atoms with Crippen molar-refractivity contribution in [1.82, 2.24) is 14.5 Å². The van der Waals surface area contributed by atoms with E-state index in [1.807, 2.05) is 62.4 Å². The highest BCUT2D eigenvalue weighted by atomic mass is 19.4. The van der Waals surface area contributed by atoms with Gasteiger partial charge in [0.1, 0.15) is 11.2 Å². The van der Waals surface area contributed by atoms with E-state index < -0.39 is 17.8 Å². The van der Waals surface area contributed by atoms with E-state index in [4.69, 9.17) is 15.1 Å². The SMILES string of the molecule is Cc1ccc(-c2nc3cc(C(F)(F)F)n(CCCCCCC(=O)O)c3nc2-c2ccc(C)cc2)cc1. The predicted molar refractivity (Wildman–Crippen MR) is 134 cm³/mol. The van der Waals surface area contributed by atoms with Crippen molar-refractivity contribution in [3.8, 4) is 22.5 Å². The van der Waals surface area contributed by atoms with Gasteiger partial charge in [-0.25, -0.2) is 9.97 Å². The number of benzene rings is 2. The number of carbonyl (C=O) groups is 1. The third-order valence-electron chi connectivity index (χ3n) is 6.19. The van der Waals surface area contributed by atoms with Crippen molar-refractivity contribution in [2.45, 2.75) is 58.7 Å². The molecule has 0 spiro atoms. The van der Waals surface area contributed by atoms with Crippen LogP contribution in [-0.2, 0) is 17.5 Å². The molecule has 0 aliphatic heterocycles. The summed E-state index contributed by atoms with van der Waals surface area (Å²) in [6.07, 6.45) is -2.24. The number of carboxylic acid groups (broad SMARTS) is 1. The molecule has 0 saturated heterocycles. The third-order valence-corrected chi connectivity index (χ3v) is 6.19. The first-order valence-electron chi connectivity index (χ1n) is 12.0. The number of fused-ring (bicyclic) bond motifs is 1. The summed E-state index contributed by atoms with van der Waals surface area (Å²) in [4.78, 5) is 20.2. The molecule has 2 heterocycles. The van der Waals surface area contributed by atoms with Crippen LogP contribution in [0.5, 0.6) is 0 Å². The highest BCUT2D eigenvalue weighted by molar-refractivity contribution is 5.86. The molecular weight excluding hydrogens is 467 g/mol. The first kappa shape index (κ1) is 25.4. The molecular formula is C28H28F3N3O2. The summed E-state index contributed by atoms with van der Waals surface area (Å²) in [6.45, 7) is 4.06. The summed E-state index contributed by atoms with van der Waals surface area (Å²) in [7, 11) is 0. The minimum atomic E-state index is -4.56. The van der Waals surface area contributed by atoms with Crippen molar-refractivity contribution >= 4 is 17.1 Å². The van der Waals surface area contributed by atoms with Crippen molar-refractivity contribution in [2.24, 2.45) is 0 Å². The van der Waals surface area contributed by atoms with Gasteiger partial charge in [-0.1, -0.05) is 72.5 Å². The minimum absolute atomic E-state index is 0.0629.